The first kappa shape index (κ1) is 11.3. The first-order valence-corrected chi connectivity index (χ1v) is 3.84. The summed E-state index contributed by atoms with van der Waals surface area (Å²) in [6.45, 7) is 0. The molecule has 1 rings (SSSR count). The van der Waals surface area contributed by atoms with Gasteiger partial charge in [-0.15, -0.1) is 0 Å². The molecule has 0 aliphatic carbocycles. The number of halogens is 3. The summed E-state index contributed by atoms with van der Waals surface area (Å²) in [5.74, 6) is -2.06. The van der Waals surface area contributed by atoms with E-state index in [9.17, 15) is 18.0 Å². The second kappa shape index (κ2) is 3.76. The Morgan fingerprint density at radius 1 is 1.53 bits per heavy atom. The number of nitrogens with zero attached hydrogens (tertiary/aromatic N) is 1. The first-order chi connectivity index (χ1) is 6.82. The number of anilines is 1. The lowest BCUT2D eigenvalue weighted by molar-refractivity contribution is -0.139. The molecule has 0 aliphatic rings. The molecule has 15 heavy (non-hydrogen) atoms. The average Bonchev–Trinajstić information content (AvgIpc) is 1.99. The second-order valence-electron chi connectivity index (χ2n) is 2.80. The highest BCUT2D eigenvalue weighted by Gasteiger charge is 2.36. The molecule has 0 aromatic carbocycles. The molecule has 0 unspecified atom stereocenters. The summed E-state index contributed by atoms with van der Waals surface area (Å²) in [5.41, 5.74) is 3.50. The Balaban J connectivity index is 3.27. The molecular weight excluding hydrogens is 213 g/mol. The number of hydrogen-bond acceptors (Lipinski definition) is 3. The van der Waals surface area contributed by atoms with Crippen LogP contribution in [-0.4, -0.2) is 16.1 Å². The van der Waals surface area contributed by atoms with Gasteiger partial charge in [-0.25, -0.2) is 4.98 Å². The predicted octanol–water partition coefficient (Wildman–Crippen LogP) is 1.31. The highest BCUT2D eigenvalue weighted by molar-refractivity contribution is 5.71. The van der Waals surface area contributed by atoms with E-state index in [1.807, 2.05) is 0 Å². The van der Waals surface area contributed by atoms with Gasteiger partial charge in [0.1, 0.15) is 11.4 Å². The maximum atomic E-state index is 12.4. The number of nitrogens with two attached hydrogens (primary N) is 1. The number of aliphatic carboxylic acids is 1. The van der Waals surface area contributed by atoms with E-state index in [0.29, 0.717) is 0 Å². The Labute approximate surface area is 82.5 Å². The van der Waals surface area contributed by atoms with Crippen LogP contribution in [0.2, 0.25) is 0 Å². The smallest absolute Gasteiger partial charge is 0.420 e. The van der Waals surface area contributed by atoms with Crippen LogP contribution < -0.4 is 5.73 Å². The quantitative estimate of drug-likeness (QED) is 0.787. The third kappa shape index (κ3) is 2.58. The Morgan fingerprint density at radius 3 is 2.60 bits per heavy atom. The Kier molecular flexibility index (Phi) is 2.83. The number of carboxylic acid groups (broad SMARTS) is 1. The van der Waals surface area contributed by atoms with Crippen LogP contribution in [0, 0.1) is 0 Å². The van der Waals surface area contributed by atoms with E-state index >= 15 is 0 Å². The van der Waals surface area contributed by atoms with E-state index in [1.165, 1.54) is 0 Å². The molecule has 0 spiro atoms. The summed E-state index contributed by atoms with van der Waals surface area (Å²) in [6.07, 6.45) is -4.38. The summed E-state index contributed by atoms with van der Waals surface area (Å²) < 4.78 is 37.3. The molecule has 4 nitrogen and oxygen atoms in total. The van der Waals surface area contributed by atoms with Gasteiger partial charge in [0.15, 0.2) is 0 Å². The number of aromatic nitrogens is 1. The zero-order valence-corrected chi connectivity index (χ0v) is 7.38. The largest absolute Gasteiger partial charge is 0.481 e. The molecule has 0 saturated carbocycles. The van der Waals surface area contributed by atoms with E-state index < -0.39 is 29.9 Å². The van der Waals surface area contributed by atoms with Crippen molar-refractivity contribution in [1.29, 1.82) is 0 Å². The number of rotatable bonds is 2. The number of carboxylic acids is 1. The maximum absolute atomic E-state index is 12.4. The molecule has 0 radical (unpaired) electrons. The predicted molar refractivity (Wildman–Crippen MR) is 45.0 cm³/mol. The van der Waals surface area contributed by atoms with Gasteiger partial charge in [-0.1, -0.05) is 0 Å². The Hall–Kier alpha value is -1.79. The maximum Gasteiger partial charge on any atom is 0.420 e. The molecule has 1 heterocycles. The number of carbonyl (C=O) groups is 1. The van der Waals surface area contributed by atoms with Crippen molar-refractivity contribution in [2.75, 3.05) is 5.73 Å². The molecular formula is C8H7F3N2O2. The zero-order chi connectivity index (χ0) is 11.6. The van der Waals surface area contributed by atoms with E-state index in [4.69, 9.17) is 10.8 Å². The Bertz CT molecular complexity index is 390. The van der Waals surface area contributed by atoms with E-state index in [-0.39, 0.29) is 5.56 Å². The normalized spacial score (nSPS) is 11.4. The van der Waals surface area contributed by atoms with Crippen LogP contribution in [0.5, 0.6) is 0 Å². The summed E-state index contributed by atoms with van der Waals surface area (Å²) in [4.78, 5) is 13.6. The van der Waals surface area contributed by atoms with Gasteiger partial charge in [0.05, 0.1) is 6.42 Å². The van der Waals surface area contributed by atoms with Gasteiger partial charge in [-0.2, -0.15) is 13.2 Å². The third-order valence-corrected chi connectivity index (χ3v) is 1.69. The van der Waals surface area contributed by atoms with E-state index in [0.717, 1.165) is 12.3 Å². The van der Waals surface area contributed by atoms with E-state index in [2.05, 4.69) is 4.98 Å². The molecule has 0 atom stereocenters. The van der Waals surface area contributed by atoms with Gasteiger partial charge in [0.25, 0.3) is 0 Å². The van der Waals surface area contributed by atoms with Gasteiger partial charge in [0, 0.05) is 6.20 Å². The van der Waals surface area contributed by atoms with Crippen LogP contribution >= 0.6 is 0 Å². The Morgan fingerprint density at radius 2 is 2.13 bits per heavy atom. The number of nitrogen functional groups attached to an aromatic ring is 1. The third-order valence-electron chi connectivity index (χ3n) is 1.69. The SMILES string of the molecule is Nc1nccc(CC(=O)O)c1C(F)(F)F. The molecule has 0 fully saturated rings. The molecule has 7 heteroatoms. The topological polar surface area (TPSA) is 76.2 Å². The van der Waals surface area contributed by atoms with Crippen molar-refractivity contribution in [3.63, 3.8) is 0 Å². The molecule has 0 aliphatic heterocycles. The van der Waals surface area contributed by atoms with Crippen molar-refractivity contribution in [2.24, 2.45) is 0 Å². The van der Waals surface area contributed by atoms with Gasteiger partial charge in [0.2, 0.25) is 0 Å². The van der Waals surface area contributed by atoms with Crippen LogP contribution in [-0.2, 0) is 17.4 Å². The molecule has 3 N–H and O–H groups in total. The fourth-order valence-electron chi connectivity index (χ4n) is 1.16. The summed E-state index contributed by atoms with van der Waals surface area (Å²) in [7, 11) is 0. The first-order valence-electron chi connectivity index (χ1n) is 3.84. The minimum atomic E-state index is -4.69. The lowest BCUT2D eigenvalue weighted by Crippen LogP contribution is -2.16. The summed E-state index contributed by atoms with van der Waals surface area (Å²) in [6, 6.07) is 0.993. The molecule has 0 bridgehead atoms. The van der Waals surface area contributed by atoms with Gasteiger partial charge >= 0.3 is 12.1 Å². The lowest BCUT2D eigenvalue weighted by atomic mass is 10.1. The van der Waals surface area contributed by atoms with Crippen LogP contribution in [0.25, 0.3) is 0 Å². The van der Waals surface area contributed by atoms with Crippen molar-refractivity contribution in [1.82, 2.24) is 4.98 Å². The van der Waals surface area contributed by atoms with Crippen molar-refractivity contribution in [3.8, 4) is 0 Å². The number of alkyl halides is 3. The van der Waals surface area contributed by atoms with E-state index in [1.54, 1.807) is 0 Å². The molecule has 1 aromatic rings. The summed E-state index contributed by atoms with van der Waals surface area (Å²) >= 11 is 0. The van der Waals surface area contributed by atoms with Gasteiger partial charge in [-0.3, -0.25) is 4.79 Å². The molecule has 0 amide bonds. The van der Waals surface area contributed by atoms with Crippen LogP contribution in [0.1, 0.15) is 11.1 Å². The lowest BCUT2D eigenvalue weighted by Gasteiger charge is -2.12. The highest BCUT2D eigenvalue weighted by atomic mass is 19.4. The number of pyridine rings is 1. The highest BCUT2D eigenvalue weighted by Crippen LogP contribution is 2.35. The van der Waals surface area contributed by atoms with Crippen molar-refractivity contribution < 1.29 is 23.1 Å². The number of hydrogen-bond donors (Lipinski definition) is 2. The van der Waals surface area contributed by atoms with Crippen LogP contribution in [0.15, 0.2) is 12.3 Å². The minimum absolute atomic E-state index is 0.387. The molecule has 0 saturated heterocycles. The monoisotopic (exact) mass is 220 g/mol. The fourth-order valence-corrected chi connectivity index (χ4v) is 1.16. The van der Waals surface area contributed by atoms with Crippen molar-refractivity contribution >= 4 is 11.8 Å². The van der Waals surface area contributed by atoms with Crippen molar-refractivity contribution in [3.05, 3.63) is 23.4 Å². The van der Waals surface area contributed by atoms with Crippen molar-refractivity contribution in [2.45, 2.75) is 12.6 Å². The van der Waals surface area contributed by atoms with Gasteiger partial charge in [-0.05, 0) is 11.6 Å². The van der Waals surface area contributed by atoms with Crippen LogP contribution in [0.4, 0.5) is 19.0 Å². The minimum Gasteiger partial charge on any atom is -0.481 e. The average molecular weight is 220 g/mol. The molecule has 1 aromatic heterocycles. The van der Waals surface area contributed by atoms with Gasteiger partial charge < -0.3 is 10.8 Å². The zero-order valence-electron chi connectivity index (χ0n) is 7.38. The molecule has 82 valence electrons. The fraction of sp³-hybridized carbons (Fsp3) is 0.250. The summed E-state index contributed by atoms with van der Waals surface area (Å²) in [5, 5.41) is 8.42. The van der Waals surface area contributed by atoms with Crippen LogP contribution in [0.3, 0.4) is 0 Å². The second-order valence-corrected chi connectivity index (χ2v) is 2.80. The standard InChI is InChI=1S/C8H7F3N2O2/c9-8(10,11)6-4(3-5(14)15)1-2-13-7(6)12/h1-2H,3H2,(H2,12,13)(H,14,15).